The molecule has 0 aliphatic heterocycles. The van der Waals surface area contributed by atoms with Crippen molar-refractivity contribution in [2.24, 2.45) is 0 Å². The third-order valence-corrected chi connectivity index (χ3v) is 2.17. The zero-order chi connectivity index (χ0) is 12.1. The first-order chi connectivity index (χ1) is 7.54. The maximum absolute atomic E-state index is 11.5. The number of hydrogen-bond donors (Lipinski definition) is 2. The van der Waals surface area contributed by atoms with Gasteiger partial charge in [-0.05, 0) is 22.0 Å². The third kappa shape index (κ3) is 3.28. The minimum atomic E-state index is -1.54. The molecule has 1 aromatic heterocycles. The number of halogens is 1. The lowest BCUT2D eigenvalue weighted by atomic mass is 10.2. The van der Waals surface area contributed by atoms with E-state index < -0.39 is 24.5 Å². The van der Waals surface area contributed by atoms with E-state index in [2.05, 4.69) is 26.2 Å². The summed E-state index contributed by atoms with van der Waals surface area (Å²) < 4.78 is 0.592. The van der Waals surface area contributed by atoms with Crippen LogP contribution in [0.15, 0.2) is 22.9 Å². The van der Waals surface area contributed by atoms with Crippen LogP contribution in [-0.2, 0) is 4.79 Å². The number of rotatable bonds is 4. The van der Waals surface area contributed by atoms with Gasteiger partial charge in [-0.25, -0.2) is 0 Å². The molecular formula is C9H8BrN2O4-. The number of nitrogens with zero attached hydrogens (tertiary/aromatic N) is 1. The van der Waals surface area contributed by atoms with Gasteiger partial charge in [0.15, 0.2) is 0 Å². The van der Waals surface area contributed by atoms with Crippen LogP contribution in [0.5, 0.6) is 0 Å². The number of amides is 1. The summed E-state index contributed by atoms with van der Waals surface area (Å²) in [7, 11) is 0. The molecule has 16 heavy (non-hydrogen) atoms. The lowest BCUT2D eigenvalue weighted by Crippen LogP contribution is -2.50. The van der Waals surface area contributed by atoms with E-state index in [0.29, 0.717) is 4.47 Å². The number of aliphatic hydroxyl groups is 1. The summed E-state index contributed by atoms with van der Waals surface area (Å²) in [6.45, 7) is -0.727. The summed E-state index contributed by atoms with van der Waals surface area (Å²) in [6.07, 6.45) is 2.77. The Balaban J connectivity index is 2.75. The standard InChI is InChI=1S/C9H9BrN2O4/c10-6-1-5(2-11-3-6)8(14)12-7(4-13)9(15)16/h1-3,7,13H,4H2,(H,12,14)(H,15,16)/p-1/t7-/m0/s1. The lowest BCUT2D eigenvalue weighted by Gasteiger charge is -2.16. The summed E-state index contributed by atoms with van der Waals surface area (Å²) in [5.74, 6) is -2.18. The molecule has 2 N–H and O–H groups in total. The molecule has 1 amide bonds. The van der Waals surface area contributed by atoms with E-state index in [1.807, 2.05) is 0 Å². The second-order valence-electron chi connectivity index (χ2n) is 2.92. The Hall–Kier alpha value is -1.47. The van der Waals surface area contributed by atoms with Crippen molar-refractivity contribution in [3.63, 3.8) is 0 Å². The molecular weight excluding hydrogens is 280 g/mol. The fraction of sp³-hybridized carbons (Fsp3) is 0.222. The SMILES string of the molecule is O=C(N[C@@H](CO)C(=O)[O-])c1cncc(Br)c1. The molecule has 0 fully saturated rings. The highest BCUT2D eigenvalue weighted by molar-refractivity contribution is 9.10. The number of pyridine rings is 1. The summed E-state index contributed by atoms with van der Waals surface area (Å²) in [4.78, 5) is 25.7. The van der Waals surface area contributed by atoms with Crippen LogP contribution in [0.4, 0.5) is 0 Å². The Morgan fingerprint density at radius 3 is 2.75 bits per heavy atom. The highest BCUT2D eigenvalue weighted by Crippen LogP contribution is 2.09. The van der Waals surface area contributed by atoms with Crippen LogP contribution in [-0.4, -0.2) is 34.6 Å². The molecule has 0 unspecified atom stereocenters. The van der Waals surface area contributed by atoms with Gasteiger partial charge >= 0.3 is 0 Å². The minimum Gasteiger partial charge on any atom is -0.548 e. The Morgan fingerprint density at radius 2 is 2.25 bits per heavy atom. The fourth-order valence-electron chi connectivity index (χ4n) is 0.957. The summed E-state index contributed by atoms with van der Waals surface area (Å²) in [5.41, 5.74) is 0.189. The fourth-order valence-corrected chi connectivity index (χ4v) is 1.32. The molecule has 0 saturated heterocycles. The van der Waals surface area contributed by atoms with Crippen LogP contribution < -0.4 is 10.4 Å². The molecule has 0 aromatic carbocycles. The van der Waals surface area contributed by atoms with Crippen LogP contribution in [0.2, 0.25) is 0 Å². The maximum atomic E-state index is 11.5. The van der Waals surface area contributed by atoms with Crippen molar-refractivity contribution in [3.05, 3.63) is 28.5 Å². The summed E-state index contributed by atoms with van der Waals surface area (Å²) >= 11 is 3.12. The maximum Gasteiger partial charge on any atom is 0.253 e. The first-order valence-electron chi connectivity index (χ1n) is 4.27. The number of carboxylic acids is 1. The van der Waals surface area contributed by atoms with Crippen molar-refractivity contribution >= 4 is 27.8 Å². The van der Waals surface area contributed by atoms with Crippen LogP contribution in [0.25, 0.3) is 0 Å². The average molecular weight is 288 g/mol. The summed E-state index contributed by atoms with van der Waals surface area (Å²) in [6, 6.07) is 0.0537. The highest BCUT2D eigenvalue weighted by atomic mass is 79.9. The van der Waals surface area contributed by atoms with Crippen LogP contribution in [0.3, 0.4) is 0 Å². The van der Waals surface area contributed by atoms with Crippen molar-refractivity contribution in [2.45, 2.75) is 6.04 Å². The zero-order valence-electron chi connectivity index (χ0n) is 8.01. The van der Waals surface area contributed by atoms with Crippen molar-refractivity contribution in [1.82, 2.24) is 10.3 Å². The van der Waals surface area contributed by atoms with Gasteiger partial charge in [0.1, 0.15) is 0 Å². The smallest absolute Gasteiger partial charge is 0.253 e. The number of carbonyl (C=O) groups is 2. The van der Waals surface area contributed by atoms with E-state index in [0.717, 1.165) is 0 Å². The normalized spacial score (nSPS) is 11.9. The molecule has 1 rings (SSSR count). The number of nitrogens with one attached hydrogen (secondary N) is 1. The van der Waals surface area contributed by atoms with Gasteiger partial charge in [0.25, 0.3) is 5.91 Å². The Morgan fingerprint density at radius 1 is 1.56 bits per heavy atom. The molecule has 0 radical (unpaired) electrons. The highest BCUT2D eigenvalue weighted by Gasteiger charge is 2.14. The second-order valence-corrected chi connectivity index (χ2v) is 3.84. The molecule has 7 heteroatoms. The van der Waals surface area contributed by atoms with Gasteiger partial charge in [-0.15, -0.1) is 0 Å². The molecule has 0 spiro atoms. The quantitative estimate of drug-likeness (QED) is 0.715. The van der Waals surface area contributed by atoms with E-state index in [1.165, 1.54) is 18.5 Å². The van der Waals surface area contributed by atoms with Crippen LogP contribution in [0.1, 0.15) is 10.4 Å². The molecule has 0 bridgehead atoms. The van der Waals surface area contributed by atoms with Gasteiger partial charge in [-0.2, -0.15) is 0 Å². The van der Waals surface area contributed by atoms with E-state index in [4.69, 9.17) is 5.11 Å². The second kappa shape index (κ2) is 5.57. The Kier molecular flexibility index (Phi) is 4.39. The van der Waals surface area contributed by atoms with Gasteiger partial charge in [0.05, 0.1) is 24.2 Å². The predicted molar refractivity (Wildman–Crippen MR) is 55.3 cm³/mol. The van der Waals surface area contributed by atoms with Gasteiger partial charge in [-0.1, -0.05) is 0 Å². The number of aliphatic hydroxyl groups excluding tert-OH is 1. The average Bonchev–Trinajstić information content (AvgIpc) is 2.25. The molecule has 0 saturated carbocycles. The van der Waals surface area contributed by atoms with E-state index in [1.54, 1.807) is 0 Å². The molecule has 86 valence electrons. The lowest BCUT2D eigenvalue weighted by molar-refractivity contribution is -0.308. The van der Waals surface area contributed by atoms with Crippen molar-refractivity contribution in [1.29, 1.82) is 0 Å². The number of aromatic nitrogens is 1. The molecule has 6 nitrogen and oxygen atoms in total. The third-order valence-electron chi connectivity index (χ3n) is 1.74. The van der Waals surface area contributed by atoms with Gasteiger partial charge in [-0.3, -0.25) is 9.78 Å². The summed E-state index contributed by atoms with van der Waals surface area (Å²) in [5, 5.41) is 21.2. The van der Waals surface area contributed by atoms with Crippen LogP contribution in [0, 0.1) is 0 Å². The number of carboxylic acid groups (broad SMARTS) is 1. The predicted octanol–water partition coefficient (Wildman–Crippen LogP) is -1.32. The Labute approximate surface area is 99.4 Å². The Bertz CT molecular complexity index is 410. The molecule has 1 atom stereocenters. The van der Waals surface area contributed by atoms with Crippen molar-refractivity contribution in [2.75, 3.05) is 6.61 Å². The van der Waals surface area contributed by atoms with Gasteiger partial charge in [0, 0.05) is 16.9 Å². The first-order valence-corrected chi connectivity index (χ1v) is 5.07. The zero-order valence-corrected chi connectivity index (χ0v) is 9.60. The number of hydrogen-bond acceptors (Lipinski definition) is 5. The molecule has 0 aliphatic carbocycles. The molecule has 1 aromatic rings. The van der Waals surface area contributed by atoms with Gasteiger partial charge < -0.3 is 20.3 Å². The van der Waals surface area contributed by atoms with Crippen LogP contribution >= 0.6 is 15.9 Å². The van der Waals surface area contributed by atoms with E-state index in [-0.39, 0.29) is 5.56 Å². The van der Waals surface area contributed by atoms with Gasteiger partial charge in [0.2, 0.25) is 0 Å². The molecule has 1 heterocycles. The topological polar surface area (TPSA) is 102 Å². The largest absolute Gasteiger partial charge is 0.548 e. The van der Waals surface area contributed by atoms with Crippen molar-refractivity contribution < 1.29 is 19.8 Å². The van der Waals surface area contributed by atoms with Crippen molar-refractivity contribution in [3.8, 4) is 0 Å². The number of aliphatic carboxylic acids is 1. The monoisotopic (exact) mass is 287 g/mol. The number of carbonyl (C=O) groups excluding carboxylic acids is 2. The van der Waals surface area contributed by atoms with E-state index in [9.17, 15) is 14.7 Å². The molecule has 0 aliphatic rings. The minimum absolute atomic E-state index is 0.189. The van der Waals surface area contributed by atoms with E-state index >= 15 is 0 Å². The first kappa shape index (κ1) is 12.6.